The second-order valence-corrected chi connectivity index (χ2v) is 3.63. The van der Waals surface area contributed by atoms with Gasteiger partial charge >= 0.3 is 0 Å². The average Bonchev–Trinajstić information content (AvgIpc) is 2.30. The molecule has 0 aliphatic rings. The number of hydrogen-bond acceptors (Lipinski definition) is 5. The van der Waals surface area contributed by atoms with Crippen LogP contribution in [0.25, 0.3) is 0 Å². The molecule has 17 heavy (non-hydrogen) atoms. The number of pyridine rings is 1. The molecule has 5 nitrogen and oxygen atoms in total. The van der Waals surface area contributed by atoms with E-state index in [-0.39, 0.29) is 0 Å². The van der Waals surface area contributed by atoms with Gasteiger partial charge in [-0.05, 0) is 12.1 Å². The first-order valence-electron chi connectivity index (χ1n) is 5.29. The fourth-order valence-corrected chi connectivity index (χ4v) is 1.54. The van der Waals surface area contributed by atoms with E-state index in [2.05, 4.69) is 15.0 Å². The molecule has 0 saturated carbocycles. The van der Waals surface area contributed by atoms with Gasteiger partial charge in [0.2, 0.25) is 0 Å². The van der Waals surface area contributed by atoms with Crippen LogP contribution < -0.4 is 5.73 Å². The van der Waals surface area contributed by atoms with E-state index in [1.54, 1.807) is 19.4 Å². The van der Waals surface area contributed by atoms with E-state index >= 15 is 0 Å². The minimum atomic E-state index is 0.432. The molecule has 0 aliphatic heterocycles. The van der Waals surface area contributed by atoms with Crippen LogP contribution in [0.4, 0.5) is 5.82 Å². The molecule has 0 radical (unpaired) electrons. The summed E-state index contributed by atoms with van der Waals surface area (Å²) in [6.07, 6.45) is 2.32. The number of ether oxygens (including phenoxy) is 1. The Balaban J connectivity index is 2.21. The highest BCUT2D eigenvalue weighted by molar-refractivity contribution is 5.30. The first-order chi connectivity index (χ1) is 8.28. The number of methoxy groups -OCH3 is 1. The Morgan fingerprint density at radius 1 is 1.24 bits per heavy atom. The number of rotatable bonds is 4. The topological polar surface area (TPSA) is 73.9 Å². The summed E-state index contributed by atoms with van der Waals surface area (Å²) >= 11 is 0. The molecule has 0 atom stereocenters. The van der Waals surface area contributed by atoms with Crippen molar-refractivity contribution in [2.24, 2.45) is 0 Å². The SMILES string of the molecule is COCc1cc(N)nc(Cc2ccccn2)n1. The van der Waals surface area contributed by atoms with Gasteiger partial charge < -0.3 is 10.5 Å². The summed E-state index contributed by atoms with van der Waals surface area (Å²) in [5, 5.41) is 0. The molecule has 0 spiro atoms. The molecule has 2 heterocycles. The summed E-state index contributed by atoms with van der Waals surface area (Å²) in [5.74, 6) is 1.12. The first-order valence-corrected chi connectivity index (χ1v) is 5.29. The van der Waals surface area contributed by atoms with Gasteiger partial charge in [0.1, 0.15) is 11.6 Å². The number of nitrogen functional groups attached to an aromatic ring is 1. The van der Waals surface area contributed by atoms with E-state index in [0.29, 0.717) is 24.7 Å². The van der Waals surface area contributed by atoms with Gasteiger partial charge in [-0.15, -0.1) is 0 Å². The fraction of sp³-hybridized carbons (Fsp3) is 0.250. The Labute approximate surface area is 99.7 Å². The van der Waals surface area contributed by atoms with Crippen molar-refractivity contribution in [3.63, 3.8) is 0 Å². The Kier molecular flexibility index (Phi) is 3.62. The second-order valence-electron chi connectivity index (χ2n) is 3.63. The fourth-order valence-electron chi connectivity index (χ4n) is 1.54. The molecule has 5 heteroatoms. The summed E-state index contributed by atoms with van der Waals surface area (Å²) in [6, 6.07) is 7.46. The van der Waals surface area contributed by atoms with E-state index in [4.69, 9.17) is 10.5 Å². The highest BCUT2D eigenvalue weighted by Crippen LogP contribution is 2.07. The van der Waals surface area contributed by atoms with E-state index in [9.17, 15) is 0 Å². The maximum absolute atomic E-state index is 5.72. The van der Waals surface area contributed by atoms with Crippen molar-refractivity contribution < 1.29 is 4.74 Å². The van der Waals surface area contributed by atoms with Crippen LogP contribution in [0.3, 0.4) is 0 Å². The lowest BCUT2D eigenvalue weighted by Crippen LogP contribution is -2.05. The van der Waals surface area contributed by atoms with Gasteiger partial charge in [-0.2, -0.15) is 0 Å². The van der Waals surface area contributed by atoms with Crippen molar-refractivity contribution in [1.82, 2.24) is 15.0 Å². The van der Waals surface area contributed by atoms with Gasteiger partial charge in [0.25, 0.3) is 0 Å². The van der Waals surface area contributed by atoms with Crippen LogP contribution in [0.5, 0.6) is 0 Å². The normalized spacial score (nSPS) is 10.4. The highest BCUT2D eigenvalue weighted by Gasteiger charge is 2.04. The van der Waals surface area contributed by atoms with Crippen LogP contribution in [-0.4, -0.2) is 22.1 Å². The Hall–Kier alpha value is -2.01. The van der Waals surface area contributed by atoms with Crippen molar-refractivity contribution in [2.75, 3.05) is 12.8 Å². The second kappa shape index (κ2) is 5.36. The van der Waals surface area contributed by atoms with Gasteiger partial charge in [-0.1, -0.05) is 6.07 Å². The number of hydrogen-bond donors (Lipinski definition) is 1. The molecule has 0 amide bonds. The van der Waals surface area contributed by atoms with Crippen molar-refractivity contribution in [2.45, 2.75) is 13.0 Å². The number of aromatic nitrogens is 3. The minimum Gasteiger partial charge on any atom is -0.384 e. The zero-order valence-electron chi connectivity index (χ0n) is 9.63. The minimum absolute atomic E-state index is 0.432. The summed E-state index contributed by atoms with van der Waals surface area (Å²) < 4.78 is 5.03. The van der Waals surface area contributed by atoms with E-state index < -0.39 is 0 Å². The molecule has 2 aromatic heterocycles. The number of anilines is 1. The zero-order chi connectivity index (χ0) is 12.1. The molecule has 2 N–H and O–H groups in total. The standard InChI is InChI=1S/C12H14N4O/c1-17-8-10-6-11(13)16-12(15-10)7-9-4-2-3-5-14-9/h2-6H,7-8H2,1H3,(H2,13,15,16). The predicted octanol–water partition coefficient (Wildman–Crippen LogP) is 1.19. The summed E-state index contributed by atoms with van der Waals surface area (Å²) in [7, 11) is 1.62. The van der Waals surface area contributed by atoms with Gasteiger partial charge in [0, 0.05) is 25.1 Å². The van der Waals surface area contributed by atoms with Gasteiger partial charge in [-0.3, -0.25) is 4.98 Å². The summed E-state index contributed by atoms with van der Waals surface area (Å²) in [5.41, 5.74) is 7.42. The molecule has 0 saturated heterocycles. The lowest BCUT2D eigenvalue weighted by molar-refractivity contribution is 0.181. The molecule has 0 aromatic carbocycles. The molecular weight excluding hydrogens is 216 g/mol. The molecule has 2 rings (SSSR count). The molecule has 0 aliphatic carbocycles. The maximum Gasteiger partial charge on any atom is 0.137 e. The molecule has 0 fully saturated rings. The molecule has 0 unspecified atom stereocenters. The van der Waals surface area contributed by atoms with Crippen molar-refractivity contribution in [3.05, 3.63) is 47.7 Å². The summed E-state index contributed by atoms with van der Waals surface area (Å²) in [4.78, 5) is 12.8. The number of nitrogens with two attached hydrogens (primary N) is 1. The van der Waals surface area contributed by atoms with E-state index in [1.165, 1.54) is 0 Å². The third-order valence-electron chi connectivity index (χ3n) is 2.20. The zero-order valence-corrected chi connectivity index (χ0v) is 9.63. The predicted molar refractivity (Wildman–Crippen MR) is 64.2 cm³/mol. The van der Waals surface area contributed by atoms with Crippen LogP contribution in [0.1, 0.15) is 17.2 Å². The van der Waals surface area contributed by atoms with Gasteiger partial charge in [0.05, 0.1) is 18.7 Å². The molecular formula is C12H14N4O. The van der Waals surface area contributed by atoms with Crippen molar-refractivity contribution in [3.8, 4) is 0 Å². The molecule has 2 aromatic rings. The third kappa shape index (κ3) is 3.22. The highest BCUT2D eigenvalue weighted by atomic mass is 16.5. The van der Waals surface area contributed by atoms with Crippen molar-refractivity contribution >= 4 is 5.82 Å². The lowest BCUT2D eigenvalue weighted by Gasteiger charge is -2.04. The average molecular weight is 230 g/mol. The van der Waals surface area contributed by atoms with Crippen LogP contribution in [0.2, 0.25) is 0 Å². The van der Waals surface area contributed by atoms with Gasteiger partial charge in [0.15, 0.2) is 0 Å². The Morgan fingerprint density at radius 3 is 2.82 bits per heavy atom. The molecule has 88 valence electrons. The Bertz CT molecular complexity index is 487. The largest absolute Gasteiger partial charge is 0.384 e. The van der Waals surface area contributed by atoms with Crippen LogP contribution in [0.15, 0.2) is 30.5 Å². The van der Waals surface area contributed by atoms with E-state index in [0.717, 1.165) is 11.4 Å². The van der Waals surface area contributed by atoms with Crippen molar-refractivity contribution in [1.29, 1.82) is 0 Å². The van der Waals surface area contributed by atoms with Crippen LogP contribution in [0, 0.1) is 0 Å². The number of nitrogens with zero attached hydrogens (tertiary/aromatic N) is 3. The maximum atomic E-state index is 5.72. The van der Waals surface area contributed by atoms with Crippen LogP contribution >= 0.6 is 0 Å². The lowest BCUT2D eigenvalue weighted by atomic mass is 10.2. The third-order valence-corrected chi connectivity index (χ3v) is 2.20. The summed E-state index contributed by atoms with van der Waals surface area (Å²) in [6.45, 7) is 0.432. The first kappa shape index (κ1) is 11.5. The Morgan fingerprint density at radius 2 is 2.12 bits per heavy atom. The molecule has 0 bridgehead atoms. The van der Waals surface area contributed by atoms with Crippen LogP contribution in [-0.2, 0) is 17.8 Å². The van der Waals surface area contributed by atoms with Gasteiger partial charge in [-0.25, -0.2) is 9.97 Å². The monoisotopic (exact) mass is 230 g/mol. The smallest absolute Gasteiger partial charge is 0.137 e. The quantitative estimate of drug-likeness (QED) is 0.854. The van der Waals surface area contributed by atoms with E-state index in [1.807, 2.05) is 18.2 Å².